The number of amides is 1. The minimum atomic E-state index is -3.72. The Morgan fingerprint density at radius 2 is 1.82 bits per heavy atom. The number of halogens is 1. The molecule has 0 unspecified atom stereocenters. The molecular weight excluding hydrogens is 564 g/mol. The Labute approximate surface area is 241 Å². The van der Waals surface area contributed by atoms with E-state index in [9.17, 15) is 13.2 Å². The van der Waals surface area contributed by atoms with E-state index in [4.69, 9.17) is 16.6 Å². The molecule has 3 aromatic carbocycles. The van der Waals surface area contributed by atoms with Gasteiger partial charge >= 0.3 is 0 Å². The molecule has 3 heterocycles. The number of fused-ring (bicyclic) bond motifs is 2. The van der Waals surface area contributed by atoms with Gasteiger partial charge < -0.3 is 0 Å². The fourth-order valence-electron chi connectivity index (χ4n) is 4.91. The lowest BCUT2D eigenvalue weighted by Gasteiger charge is -2.28. The van der Waals surface area contributed by atoms with Gasteiger partial charge in [0.25, 0.3) is 5.91 Å². The highest BCUT2D eigenvalue weighted by molar-refractivity contribution is 7.89. The largest absolute Gasteiger partial charge is 0.279 e. The zero-order valence-electron chi connectivity index (χ0n) is 21.6. The Morgan fingerprint density at radius 3 is 2.58 bits per heavy atom. The number of aromatic nitrogens is 2. The maximum atomic E-state index is 13.9. The predicted octanol–water partition coefficient (Wildman–Crippen LogP) is 6.25. The van der Waals surface area contributed by atoms with E-state index < -0.39 is 10.0 Å². The van der Waals surface area contributed by atoms with Gasteiger partial charge in [0.15, 0.2) is 5.13 Å². The van der Waals surface area contributed by atoms with Crippen molar-refractivity contribution in [3.63, 3.8) is 0 Å². The second-order valence-electron chi connectivity index (χ2n) is 9.70. The second-order valence-corrected chi connectivity index (χ2v) is 13.1. The molecule has 0 fully saturated rings. The number of benzene rings is 3. The Morgan fingerprint density at radius 1 is 1.05 bits per heavy atom. The van der Waals surface area contributed by atoms with Crippen LogP contribution in [0.1, 0.15) is 32.6 Å². The molecule has 202 valence electrons. The number of hydrogen-bond acceptors (Lipinski definition) is 6. The molecule has 0 N–H and O–H groups in total. The molecule has 1 aliphatic heterocycles. The first-order valence-electron chi connectivity index (χ1n) is 12.7. The van der Waals surface area contributed by atoms with Crippen LogP contribution < -0.4 is 4.90 Å². The van der Waals surface area contributed by atoms with Gasteiger partial charge in [-0.25, -0.2) is 13.4 Å². The van der Waals surface area contributed by atoms with Gasteiger partial charge in [-0.15, -0.1) is 0 Å². The third-order valence-electron chi connectivity index (χ3n) is 7.01. The van der Waals surface area contributed by atoms with Crippen LogP contribution in [0.3, 0.4) is 0 Å². The normalized spacial score (nSPS) is 13.8. The van der Waals surface area contributed by atoms with Crippen molar-refractivity contribution in [3.05, 3.63) is 118 Å². The van der Waals surface area contributed by atoms with Crippen molar-refractivity contribution >= 4 is 54.2 Å². The molecule has 0 aliphatic carbocycles. The first kappa shape index (κ1) is 26.6. The van der Waals surface area contributed by atoms with Crippen LogP contribution in [-0.4, -0.2) is 35.1 Å². The van der Waals surface area contributed by atoms with Gasteiger partial charge in [0.05, 0.1) is 21.7 Å². The average molecular weight is 589 g/mol. The van der Waals surface area contributed by atoms with E-state index in [1.54, 1.807) is 29.4 Å². The van der Waals surface area contributed by atoms with Gasteiger partial charge in [-0.3, -0.25) is 14.7 Å². The molecule has 5 aromatic rings. The highest BCUT2D eigenvalue weighted by atomic mass is 35.5. The van der Waals surface area contributed by atoms with E-state index in [2.05, 4.69) is 4.98 Å². The number of aryl methyl sites for hydroxylation is 1. The summed E-state index contributed by atoms with van der Waals surface area (Å²) >= 11 is 7.65. The van der Waals surface area contributed by atoms with Crippen molar-refractivity contribution in [2.24, 2.45) is 0 Å². The third kappa shape index (κ3) is 5.13. The van der Waals surface area contributed by atoms with Crippen LogP contribution in [0.2, 0.25) is 5.02 Å². The Hall–Kier alpha value is -3.63. The van der Waals surface area contributed by atoms with E-state index >= 15 is 0 Å². The smallest absolute Gasteiger partial charge is 0.260 e. The quantitative estimate of drug-likeness (QED) is 0.234. The Kier molecular flexibility index (Phi) is 7.14. The Balaban J connectivity index is 1.30. The number of pyridine rings is 1. The van der Waals surface area contributed by atoms with Gasteiger partial charge in [0, 0.05) is 36.1 Å². The van der Waals surface area contributed by atoms with Crippen molar-refractivity contribution in [1.29, 1.82) is 0 Å². The number of anilines is 1. The van der Waals surface area contributed by atoms with Crippen LogP contribution in [0.5, 0.6) is 0 Å². The number of rotatable bonds is 6. The average Bonchev–Trinajstić information content (AvgIpc) is 3.40. The molecule has 40 heavy (non-hydrogen) atoms. The predicted molar refractivity (Wildman–Crippen MR) is 158 cm³/mol. The van der Waals surface area contributed by atoms with Crippen LogP contribution >= 0.6 is 22.9 Å². The summed E-state index contributed by atoms with van der Waals surface area (Å²) in [5, 5.41) is 1.14. The zero-order chi connectivity index (χ0) is 27.9. The van der Waals surface area contributed by atoms with Crippen LogP contribution in [0.25, 0.3) is 10.2 Å². The molecule has 7 nitrogen and oxygen atoms in total. The summed E-state index contributed by atoms with van der Waals surface area (Å²) in [6.07, 6.45) is 4.06. The lowest BCUT2D eigenvalue weighted by molar-refractivity contribution is 0.0985. The molecule has 2 aromatic heterocycles. The minimum Gasteiger partial charge on any atom is -0.279 e. The molecule has 0 saturated heterocycles. The van der Waals surface area contributed by atoms with Crippen molar-refractivity contribution in [2.45, 2.75) is 31.3 Å². The molecule has 0 saturated carbocycles. The summed E-state index contributed by atoms with van der Waals surface area (Å²) < 4.78 is 29.3. The first-order valence-corrected chi connectivity index (χ1v) is 15.4. The summed E-state index contributed by atoms with van der Waals surface area (Å²) in [5.74, 6) is -0.289. The lowest BCUT2D eigenvalue weighted by atomic mass is 10.0. The fraction of sp³-hybridized carbons (Fsp3) is 0.167. The van der Waals surface area contributed by atoms with Crippen molar-refractivity contribution in [3.8, 4) is 0 Å². The molecule has 0 spiro atoms. The SMILES string of the molecule is Cc1cc(Cl)cc2sc(N(Cc3cccnc3)C(=O)c3ccc(S(=O)(=O)N4CCc5ccccc5C4)cc3)nc12. The van der Waals surface area contributed by atoms with E-state index in [0.29, 0.717) is 35.2 Å². The van der Waals surface area contributed by atoms with Crippen LogP contribution in [-0.2, 0) is 29.5 Å². The number of carbonyl (C=O) groups excluding carboxylic acids is 1. The second kappa shape index (κ2) is 10.7. The van der Waals surface area contributed by atoms with Gasteiger partial charge in [0.1, 0.15) is 0 Å². The molecule has 6 rings (SSSR count). The number of carbonyl (C=O) groups is 1. The number of sulfonamides is 1. The molecule has 1 aliphatic rings. The van der Waals surface area contributed by atoms with Gasteiger partial charge in [-0.05, 0) is 78.1 Å². The van der Waals surface area contributed by atoms with Gasteiger partial charge in [-0.1, -0.05) is 53.3 Å². The topological polar surface area (TPSA) is 83.5 Å². The van der Waals surface area contributed by atoms with Gasteiger partial charge in [0.2, 0.25) is 10.0 Å². The fourth-order valence-corrected chi connectivity index (χ4v) is 7.74. The monoisotopic (exact) mass is 588 g/mol. The maximum absolute atomic E-state index is 13.9. The summed E-state index contributed by atoms with van der Waals surface area (Å²) in [6.45, 7) is 2.94. The van der Waals surface area contributed by atoms with Crippen molar-refractivity contribution < 1.29 is 13.2 Å². The molecule has 1 amide bonds. The van der Waals surface area contributed by atoms with E-state index in [0.717, 1.165) is 26.9 Å². The van der Waals surface area contributed by atoms with Gasteiger partial charge in [-0.2, -0.15) is 4.31 Å². The van der Waals surface area contributed by atoms with E-state index in [1.165, 1.54) is 33.3 Å². The number of thiazole rings is 1. The maximum Gasteiger partial charge on any atom is 0.260 e. The van der Waals surface area contributed by atoms with E-state index in [1.807, 2.05) is 55.5 Å². The number of nitrogens with zero attached hydrogens (tertiary/aromatic N) is 4. The van der Waals surface area contributed by atoms with Crippen LogP contribution in [0.4, 0.5) is 5.13 Å². The standard InChI is InChI=1S/C30H25ClN4O3S2/c1-20-15-25(31)16-27-28(20)33-30(39-27)35(18-21-5-4-13-32-17-21)29(36)23-8-10-26(11-9-23)40(37,38)34-14-12-22-6-2-3-7-24(22)19-34/h2-11,13,15-17H,12,14,18-19H2,1H3. The molecule has 0 atom stereocenters. The summed E-state index contributed by atoms with van der Waals surface area (Å²) in [5.41, 5.74) is 5.11. The van der Waals surface area contributed by atoms with E-state index in [-0.39, 0.29) is 17.3 Å². The Bertz CT molecular complexity index is 1820. The van der Waals surface area contributed by atoms with Crippen LogP contribution in [0.15, 0.2) is 90.1 Å². The molecule has 10 heteroatoms. The summed E-state index contributed by atoms with van der Waals surface area (Å²) in [4.78, 5) is 24.6. The summed E-state index contributed by atoms with van der Waals surface area (Å²) in [6, 6.07) is 21.5. The van der Waals surface area contributed by atoms with Crippen molar-refractivity contribution in [2.75, 3.05) is 11.4 Å². The first-order chi connectivity index (χ1) is 19.3. The minimum absolute atomic E-state index is 0.160. The highest BCUT2D eigenvalue weighted by Crippen LogP contribution is 2.34. The molecule has 0 radical (unpaired) electrons. The number of hydrogen-bond donors (Lipinski definition) is 0. The van der Waals surface area contributed by atoms with Crippen LogP contribution in [0, 0.1) is 6.92 Å². The molecular formula is C30H25ClN4O3S2. The lowest BCUT2D eigenvalue weighted by Crippen LogP contribution is -2.36. The highest BCUT2D eigenvalue weighted by Gasteiger charge is 2.29. The summed E-state index contributed by atoms with van der Waals surface area (Å²) in [7, 11) is -3.72. The molecule has 0 bridgehead atoms. The van der Waals surface area contributed by atoms with Crippen molar-refractivity contribution in [1.82, 2.24) is 14.3 Å². The zero-order valence-corrected chi connectivity index (χ0v) is 24.0. The third-order valence-corrected chi connectivity index (χ3v) is 10.1.